The number of piperidine rings is 1. The van der Waals surface area contributed by atoms with E-state index >= 15 is 0 Å². The second kappa shape index (κ2) is 5.15. The molecular formula is C12H22N2O2. The number of ether oxygens (including phenoxy) is 1. The highest BCUT2D eigenvalue weighted by atomic mass is 16.5. The van der Waals surface area contributed by atoms with Gasteiger partial charge in [-0.25, -0.2) is 0 Å². The minimum atomic E-state index is -0.142. The molecule has 0 spiro atoms. The molecule has 4 heteroatoms. The zero-order valence-electron chi connectivity index (χ0n) is 10.1. The summed E-state index contributed by atoms with van der Waals surface area (Å²) in [6.07, 6.45) is 5.88. The summed E-state index contributed by atoms with van der Waals surface area (Å²) in [5, 5.41) is 6.41. The van der Waals surface area contributed by atoms with Crippen LogP contribution in [0, 0.1) is 0 Å². The predicted octanol–water partition coefficient (Wildman–Crippen LogP) is 0.814. The number of rotatable bonds is 4. The number of carbonyl (C=O) groups excluding carboxylic acids is 1. The molecule has 0 radical (unpaired) electrons. The highest BCUT2D eigenvalue weighted by molar-refractivity contribution is 5.77. The third kappa shape index (κ3) is 2.74. The number of methoxy groups -OCH3 is 1. The SMILES string of the molecule is COC1(CC(=O)NC2CCNCC2)CCC1. The van der Waals surface area contributed by atoms with Gasteiger partial charge in [0.1, 0.15) is 0 Å². The van der Waals surface area contributed by atoms with Crippen LogP contribution in [0.4, 0.5) is 0 Å². The second-order valence-electron chi connectivity index (χ2n) is 5.01. The van der Waals surface area contributed by atoms with Gasteiger partial charge in [-0.05, 0) is 45.2 Å². The Kier molecular flexibility index (Phi) is 3.82. The minimum Gasteiger partial charge on any atom is -0.378 e. The maximum absolute atomic E-state index is 11.9. The minimum absolute atomic E-state index is 0.142. The maximum atomic E-state index is 11.9. The highest BCUT2D eigenvalue weighted by Gasteiger charge is 2.39. The molecule has 2 N–H and O–H groups in total. The number of hydrogen-bond donors (Lipinski definition) is 2. The Bertz CT molecular complexity index is 240. The highest BCUT2D eigenvalue weighted by Crippen LogP contribution is 2.37. The molecule has 1 amide bonds. The standard InChI is InChI=1S/C12H22N2O2/c1-16-12(5-2-6-12)9-11(15)14-10-3-7-13-8-4-10/h10,13H,2-9H2,1H3,(H,14,15). The molecule has 0 bridgehead atoms. The van der Waals surface area contributed by atoms with E-state index < -0.39 is 0 Å². The van der Waals surface area contributed by atoms with Crippen LogP contribution >= 0.6 is 0 Å². The van der Waals surface area contributed by atoms with Crippen LogP contribution in [0.3, 0.4) is 0 Å². The van der Waals surface area contributed by atoms with Gasteiger partial charge in [0.2, 0.25) is 5.91 Å². The molecule has 0 aromatic carbocycles. The maximum Gasteiger partial charge on any atom is 0.223 e. The number of nitrogens with one attached hydrogen (secondary N) is 2. The van der Waals surface area contributed by atoms with Crippen LogP contribution in [-0.2, 0) is 9.53 Å². The molecule has 0 unspecified atom stereocenters. The third-order valence-electron chi connectivity index (χ3n) is 3.88. The second-order valence-corrected chi connectivity index (χ2v) is 5.01. The van der Waals surface area contributed by atoms with Gasteiger partial charge in [0.05, 0.1) is 12.0 Å². The first-order chi connectivity index (χ1) is 7.74. The van der Waals surface area contributed by atoms with Gasteiger partial charge in [0.15, 0.2) is 0 Å². The Morgan fingerprint density at radius 2 is 2.12 bits per heavy atom. The fourth-order valence-electron chi connectivity index (χ4n) is 2.56. The van der Waals surface area contributed by atoms with E-state index in [0.717, 1.165) is 38.8 Å². The lowest BCUT2D eigenvalue weighted by Gasteiger charge is -2.40. The molecule has 16 heavy (non-hydrogen) atoms. The zero-order valence-corrected chi connectivity index (χ0v) is 10.1. The van der Waals surface area contributed by atoms with Gasteiger partial charge < -0.3 is 15.4 Å². The van der Waals surface area contributed by atoms with Crippen molar-refractivity contribution in [2.24, 2.45) is 0 Å². The molecule has 0 atom stereocenters. The van der Waals surface area contributed by atoms with Gasteiger partial charge >= 0.3 is 0 Å². The fourth-order valence-corrected chi connectivity index (χ4v) is 2.56. The Morgan fingerprint density at radius 1 is 1.44 bits per heavy atom. The molecular weight excluding hydrogens is 204 g/mol. The van der Waals surface area contributed by atoms with Crippen molar-refractivity contribution >= 4 is 5.91 Å². The molecule has 0 aromatic heterocycles. The van der Waals surface area contributed by atoms with Crippen molar-refractivity contribution in [2.75, 3.05) is 20.2 Å². The first-order valence-electron chi connectivity index (χ1n) is 6.29. The summed E-state index contributed by atoms with van der Waals surface area (Å²) >= 11 is 0. The Hall–Kier alpha value is -0.610. The first kappa shape index (κ1) is 11.9. The predicted molar refractivity (Wildman–Crippen MR) is 62.2 cm³/mol. The molecule has 1 saturated carbocycles. The summed E-state index contributed by atoms with van der Waals surface area (Å²) < 4.78 is 5.46. The van der Waals surface area contributed by atoms with Gasteiger partial charge in [-0.3, -0.25) is 4.79 Å². The van der Waals surface area contributed by atoms with Crippen molar-refractivity contribution in [1.82, 2.24) is 10.6 Å². The van der Waals surface area contributed by atoms with Crippen LogP contribution in [0.15, 0.2) is 0 Å². The van der Waals surface area contributed by atoms with Crippen molar-refractivity contribution in [3.05, 3.63) is 0 Å². The van der Waals surface area contributed by atoms with Crippen LogP contribution in [0.5, 0.6) is 0 Å². The molecule has 1 heterocycles. The average Bonchev–Trinajstić information content (AvgIpc) is 2.25. The van der Waals surface area contributed by atoms with E-state index in [9.17, 15) is 4.79 Å². The number of carbonyl (C=O) groups is 1. The largest absolute Gasteiger partial charge is 0.378 e. The van der Waals surface area contributed by atoms with E-state index in [4.69, 9.17) is 4.74 Å². The molecule has 92 valence electrons. The van der Waals surface area contributed by atoms with Crippen LogP contribution in [0.2, 0.25) is 0 Å². The lowest BCUT2D eigenvalue weighted by atomic mass is 9.77. The fraction of sp³-hybridized carbons (Fsp3) is 0.917. The van der Waals surface area contributed by atoms with Crippen molar-refractivity contribution < 1.29 is 9.53 Å². The molecule has 1 aliphatic carbocycles. The molecule has 1 saturated heterocycles. The number of amides is 1. The molecule has 2 aliphatic rings. The van der Waals surface area contributed by atoms with Crippen LogP contribution in [0.25, 0.3) is 0 Å². The van der Waals surface area contributed by atoms with Gasteiger partial charge in [-0.1, -0.05) is 0 Å². The van der Waals surface area contributed by atoms with E-state index in [-0.39, 0.29) is 11.5 Å². The third-order valence-corrected chi connectivity index (χ3v) is 3.88. The number of hydrogen-bond acceptors (Lipinski definition) is 3. The smallest absolute Gasteiger partial charge is 0.223 e. The topological polar surface area (TPSA) is 50.4 Å². The van der Waals surface area contributed by atoms with E-state index in [1.165, 1.54) is 6.42 Å². The van der Waals surface area contributed by atoms with Crippen LogP contribution in [-0.4, -0.2) is 37.7 Å². The molecule has 1 aliphatic heterocycles. The normalized spacial score (nSPS) is 24.8. The van der Waals surface area contributed by atoms with Crippen molar-refractivity contribution in [3.63, 3.8) is 0 Å². The van der Waals surface area contributed by atoms with Gasteiger partial charge in [-0.15, -0.1) is 0 Å². The molecule has 2 rings (SSSR count). The van der Waals surface area contributed by atoms with Crippen LogP contribution in [0.1, 0.15) is 38.5 Å². The quantitative estimate of drug-likeness (QED) is 0.746. The summed E-state index contributed by atoms with van der Waals surface area (Å²) in [7, 11) is 1.72. The molecule has 2 fully saturated rings. The lowest BCUT2D eigenvalue weighted by molar-refractivity contribution is -0.135. The van der Waals surface area contributed by atoms with Crippen molar-refractivity contribution in [1.29, 1.82) is 0 Å². The summed E-state index contributed by atoms with van der Waals surface area (Å²) in [5.41, 5.74) is -0.142. The summed E-state index contributed by atoms with van der Waals surface area (Å²) in [6.45, 7) is 2.03. The van der Waals surface area contributed by atoms with Crippen molar-refractivity contribution in [2.45, 2.75) is 50.2 Å². The Labute approximate surface area is 97.1 Å². The molecule has 4 nitrogen and oxygen atoms in total. The average molecular weight is 226 g/mol. The van der Waals surface area contributed by atoms with Crippen LogP contribution < -0.4 is 10.6 Å². The Morgan fingerprint density at radius 3 is 2.62 bits per heavy atom. The van der Waals surface area contributed by atoms with E-state index in [0.29, 0.717) is 12.5 Å². The molecule has 0 aromatic rings. The summed E-state index contributed by atoms with van der Waals surface area (Å²) in [6, 6.07) is 0.364. The zero-order chi connectivity index (χ0) is 11.4. The van der Waals surface area contributed by atoms with Gasteiger partial charge in [-0.2, -0.15) is 0 Å². The monoisotopic (exact) mass is 226 g/mol. The van der Waals surface area contributed by atoms with Gasteiger partial charge in [0, 0.05) is 13.2 Å². The van der Waals surface area contributed by atoms with E-state index in [1.807, 2.05) is 0 Å². The summed E-state index contributed by atoms with van der Waals surface area (Å²) in [4.78, 5) is 11.9. The lowest BCUT2D eigenvalue weighted by Crippen LogP contribution is -2.48. The Balaban J connectivity index is 1.74. The van der Waals surface area contributed by atoms with Gasteiger partial charge in [0.25, 0.3) is 0 Å². The van der Waals surface area contributed by atoms with E-state index in [1.54, 1.807) is 7.11 Å². The van der Waals surface area contributed by atoms with E-state index in [2.05, 4.69) is 10.6 Å². The summed E-state index contributed by atoms with van der Waals surface area (Å²) in [5.74, 6) is 0.161. The first-order valence-corrected chi connectivity index (χ1v) is 6.29. The van der Waals surface area contributed by atoms with Crippen molar-refractivity contribution in [3.8, 4) is 0 Å².